The van der Waals surface area contributed by atoms with Gasteiger partial charge in [-0.1, -0.05) is 30.3 Å². The number of aromatic nitrogens is 3. The lowest BCUT2D eigenvalue weighted by Crippen LogP contribution is -2.25. The van der Waals surface area contributed by atoms with E-state index >= 15 is 0 Å². The predicted octanol–water partition coefficient (Wildman–Crippen LogP) is 2.52. The van der Waals surface area contributed by atoms with E-state index in [1.165, 1.54) is 25.7 Å². The zero-order chi connectivity index (χ0) is 16.9. The largest absolute Gasteiger partial charge is 0.341 e. The van der Waals surface area contributed by atoms with E-state index in [0.29, 0.717) is 5.95 Å². The fraction of sp³-hybridized carbons (Fsp3) is 0.444. The Kier molecular flexibility index (Phi) is 4.72. The highest BCUT2D eigenvalue weighted by Crippen LogP contribution is 2.22. The lowest BCUT2D eigenvalue weighted by Gasteiger charge is -2.20. The fourth-order valence-electron chi connectivity index (χ4n) is 3.22. The molecule has 1 N–H and O–H groups in total. The molecule has 0 amide bonds. The van der Waals surface area contributed by atoms with E-state index in [2.05, 4.69) is 30.3 Å². The third-order valence-electron chi connectivity index (χ3n) is 4.57. The van der Waals surface area contributed by atoms with Crippen molar-refractivity contribution in [3.63, 3.8) is 0 Å². The van der Waals surface area contributed by atoms with Crippen LogP contribution >= 0.6 is 0 Å². The zero-order valence-corrected chi connectivity index (χ0v) is 14.3. The highest BCUT2D eigenvalue weighted by atomic mass is 15.4. The van der Waals surface area contributed by atoms with Crippen LogP contribution in [-0.4, -0.2) is 47.3 Å². The maximum atomic E-state index is 4.70. The fourth-order valence-corrected chi connectivity index (χ4v) is 3.22. The monoisotopic (exact) mass is 337 g/mol. The van der Waals surface area contributed by atoms with Crippen LogP contribution < -0.4 is 15.2 Å². The Balaban J connectivity index is 1.55. The third kappa shape index (κ3) is 3.87. The minimum absolute atomic E-state index is 0.506. The van der Waals surface area contributed by atoms with Gasteiger partial charge in [0, 0.05) is 26.2 Å². The van der Waals surface area contributed by atoms with Gasteiger partial charge in [0.05, 0.1) is 6.21 Å². The molecule has 1 aromatic carbocycles. The topological polar surface area (TPSA) is 69.5 Å². The first-order valence-corrected chi connectivity index (χ1v) is 8.98. The SMILES string of the molecule is C(=N/Nc1nc(N2CCCC2)nc(N2CCCC2)n1)/c1ccccc1. The van der Waals surface area contributed by atoms with E-state index in [9.17, 15) is 0 Å². The molecule has 7 nitrogen and oxygen atoms in total. The van der Waals surface area contributed by atoms with Crippen molar-refractivity contribution in [3.8, 4) is 0 Å². The molecule has 0 atom stereocenters. The smallest absolute Gasteiger partial charge is 0.250 e. The van der Waals surface area contributed by atoms with Crippen molar-refractivity contribution in [2.24, 2.45) is 5.10 Å². The Hall–Kier alpha value is -2.70. The molecule has 130 valence electrons. The molecule has 0 saturated carbocycles. The number of nitrogens with one attached hydrogen (secondary N) is 1. The highest BCUT2D eigenvalue weighted by molar-refractivity contribution is 5.79. The molecule has 3 heterocycles. The van der Waals surface area contributed by atoms with Crippen LogP contribution in [0.25, 0.3) is 0 Å². The number of rotatable bonds is 5. The van der Waals surface area contributed by atoms with Gasteiger partial charge in [0.2, 0.25) is 17.8 Å². The lowest BCUT2D eigenvalue weighted by molar-refractivity contribution is 0.838. The second-order valence-corrected chi connectivity index (χ2v) is 6.43. The number of benzene rings is 1. The summed E-state index contributed by atoms with van der Waals surface area (Å²) in [4.78, 5) is 18.3. The van der Waals surface area contributed by atoms with E-state index in [0.717, 1.165) is 43.6 Å². The predicted molar refractivity (Wildman–Crippen MR) is 100 cm³/mol. The van der Waals surface area contributed by atoms with Gasteiger partial charge >= 0.3 is 0 Å². The maximum Gasteiger partial charge on any atom is 0.250 e. The van der Waals surface area contributed by atoms with Crippen molar-refractivity contribution in [1.29, 1.82) is 0 Å². The van der Waals surface area contributed by atoms with Crippen molar-refractivity contribution >= 4 is 24.1 Å². The van der Waals surface area contributed by atoms with Crippen LogP contribution in [0.4, 0.5) is 17.8 Å². The lowest BCUT2D eigenvalue weighted by atomic mass is 10.2. The Morgan fingerprint density at radius 1 is 0.800 bits per heavy atom. The summed E-state index contributed by atoms with van der Waals surface area (Å²) in [5.74, 6) is 2.02. The first kappa shape index (κ1) is 15.8. The summed E-state index contributed by atoms with van der Waals surface area (Å²) in [6, 6.07) is 9.97. The molecular weight excluding hydrogens is 314 g/mol. The van der Waals surface area contributed by atoms with E-state index in [-0.39, 0.29) is 0 Å². The summed E-state index contributed by atoms with van der Waals surface area (Å²) in [5, 5.41) is 4.28. The van der Waals surface area contributed by atoms with Crippen LogP contribution in [0.15, 0.2) is 35.4 Å². The molecule has 4 rings (SSSR count). The Morgan fingerprint density at radius 3 is 1.92 bits per heavy atom. The number of hydrazone groups is 1. The second kappa shape index (κ2) is 7.46. The van der Waals surface area contributed by atoms with Gasteiger partial charge in [-0.15, -0.1) is 0 Å². The van der Waals surface area contributed by atoms with Gasteiger partial charge in [-0.25, -0.2) is 5.43 Å². The molecule has 25 heavy (non-hydrogen) atoms. The van der Waals surface area contributed by atoms with E-state index in [1.54, 1.807) is 6.21 Å². The molecular formula is C18H23N7. The third-order valence-corrected chi connectivity index (χ3v) is 4.57. The van der Waals surface area contributed by atoms with Crippen LogP contribution in [0.5, 0.6) is 0 Å². The Bertz CT molecular complexity index is 685. The van der Waals surface area contributed by atoms with E-state index in [4.69, 9.17) is 4.98 Å². The van der Waals surface area contributed by atoms with Gasteiger partial charge in [-0.05, 0) is 31.2 Å². The molecule has 0 unspecified atom stereocenters. The highest BCUT2D eigenvalue weighted by Gasteiger charge is 2.21. The molecule has 2 aliphatic rings. The minimum Gasteiger partial charge on any atom is -0.341 e. The van der Waals surface area contributed by atoms with Gasteiger partial charge in [-0.3, -0.25) is 0 Å². The number of hydrogen-bond donors (Lipinski definition) is 1. The average Bonchev–Trinajstić information content (AvgIpc) is 3.36. The molecule has 0 spiro atoms. The van der Waals surface area contributed by atoms with Crippen molar-refractivity contribution in [2.45, 2.75) is 25.7 Å². The van der Waals surface area contributed by atoms with Gasteiger partial charge in [0.15, 0.2) is 0 Å². The summed E-state index contributed by atoms with van der Waals surface area (Å²) in [6.45, 7) is 4.04. The molecule has 7 heteroatoms. The molecule has 0 aliphatic carbocycles. The Labute approximate surface area is 147 Å². The Morgan fingerprint density at radius 2 is 1.36 bits per heavy atom. The maximum absolute atomic E-state index is 4.70. The standard InChI is InChI=1S/C18H23N7/c1-2-8-15(9-3-1)14-19-23-16-20-17(24-10-4-5-11-24)22-18(21-16)25-12-6-7-13-25/h1-3,8-9,14H,4-7,10-13H2,(H,20,21,22,23)/b19-14-. The van der Waals surface area contributed by atoms with Crippen LogP contribution in [0.2, 0.25) is 0 Å². The second-order valence-electron chi connectivity index (χ2n) is 6.43. The summed E-state index contributed by atoms with van der Waals surface area (Å²) >= 11 is 0. The van der Waals surface area contributed by atoms with Crippen LogP contribution in [0.3, 0.4) is 0 Å². The molecule has 2 aliphatic heterocycles. The molecule has 2 aromatic rings. The van der Waals surface area contributed by atoms with Crippen molar-refractivity contribution < 1.29 is 0 Å². The van der Waals surface area contributed by atoms with E-state index < -0.39 is 0 Å². The number of hydrogen-bond acceptors (Lipinski definition) is 7. The summed E-state index contributed by atoms with van der Waals surface area (Å²) < 4.78 is 0. The van der Waals surface area contributed by atoms with Gasteiger partial charge < -0.3 is 9.80 Å². The van der Waals surface area contributed by atoms with Crippen molar-refractivity contribution in [2.75, 3.05) is 41.4 Å². The van der Waals surface area contributed by atoms with Crippen molar-refractivity contribution in [3.05, 3.63) is 35.9 Å². The number of anilines is 3. The minimum atomic E-state index is 0.506. The normalized spacial score (nSPS) is 17.6. The summed E-state index contributed by atoms with van der Waals surface area (Å²) in [7, 11) is 0. The van der Waals surface area contributed by atoms with Crippen LogP contribution in [0.1, 0.15) is 31.2 Å². The molecule has 0 bridgehead atoms. The van der Waals surface area contributed by atoms with Crippen LogP contribution in [-0.2, 0) is 0 Å². The molecule has 1 aromatic heterocycles. The first-order chi connectivity index (χ1) is 12.4. The first-order valence-electron chi connectivity index (χ1n) is 8.98. The molecule has 2 fully saturated rings. The van der Waals surface area contributed by atoms with Gasteiger partial charge in [0.25, 0.3) is 0 Å². The average molecular weight is 337 g/mol. The zero-order valence-electron chi connectivity index (χ0n) is 14.3. The van der Waals surface area contributed by atoms with Crippen LogP contribution in [0, 0.1) is 0 Å². The molecule has 2 saturated heterocycles. The summed E-state index contributed by atoms with van der Waals surface area (Å²) in [5.41, 5.74) is 4.01. The van der Waals surface area contributed by atoms with Gasteiger partial charge in [-0.2, -0.15) is 20.1 Å². The molecule has 0 radical (unpaired) electrons. The quantitative estimate of drug-likeness (QED) is 0.668. The summed E-state index contributed by atoms with van der Waals surface area (Å²) in [6.07, 6.45) is 6.55. The van der Waals surface area contributed by atoms with Crippen molar-refractivity contribution in [1.82, 2.24) is 15.0 Å². The van der Waals surface area contributed by atoms with Gasteiger partial charge in [0.1, 0.15) is 0 Å². The number of nitrogens with zero attached hydrogens (tertiary/aromatic N) is 6. The van der Waals surface area contributed by atoms with E-state index in [1.807, 2.05) is 30.3 Å².